The molecule has 140 valence electrons. The zero-order valence-corrected chi connectivity index (χ0v) is 15.9. The van der Waals surface area contributed by atoms with Gasteiger partial charge in [-0.1, -0.05) is 18.2 Å². The number of halogens is 1. The second-order valence-electron chi connectivity index (χ2n) is 6.58. The molecule has 4 nitrogen and oxygen atoms in total. The molecule has 0 saturated carbocycles. The molecule has 2 N–H and O–H groups in total. The smallest absolute Gasteiger partial charge is 0.191 e. The summed E-state index contributed by atoms with van der Waals surface area (Å²) in [5.41, 5.74) is 1.10. The highest BCUT2D eigenvalue weighted by Crippen LogP contribution is 2.34. The van der Waals surface area contributed by atoms with E-state index in [0.717, 1.165) is 57.1 Å². The standard InChI is InChI=1S/C20H26FN3OS/c1-22-19(23-11-8-18-3-2-14-26-18)24-15-20(9-12-25-13-10-20)16-4-6-17(21)7-5-16/h2-7,14H,8-13,15H2,1H3,(H2,22,23,24). The van der Waals surface area contributed by atoms with Crippen molar-refractivity contribution in [3.63, 3.8) is 0 Å². The zero-order chi connectivity index (χ0) is 18.2. The van der Waals surface area contributed by atoms with E-state index < -0.39 is 0 Å². The minimum atomic E-state index is -0.199. The third-order valence-electron chi connectivity index (χ3n) is 4.97. The summed E-state index contributed by atoms with van der Waals surface area (Å²) in [6.07, 6.45) is 2.81. The van der Waals surface area contributed by atoms with Crippen molar-refractivity contribution < 1.29 is 9.13 Å². The number of guanidine groups is 1. The number of ether oxygens (including phenoxy) is 1. The van der Waals surface area contributed by atoms with Gasteiger partial charge in [0.2, 0.25) is 0 Å². The molecule has 0 aliphatic carbocycles. The van der Waals surface area contributed by atoms with Crippen LogP contribution in [0.1, 0.15) is 23.3 Å². The lowest BCUT2D eigenvalue weighted by molar-refractivity contribution is 0.0513. The van der Waals surface area contributed by atoms with Crippen molar-refractivity contribution in [1.29, 1.82) is 0 Å². The summed E-state index contributed by atoms with van der Waals surface area (Å²) >= 11 is 1.77. The molecular formula is C20H26FN3OS. The molecule has 6 heteroatoms. The average molecular weight is 376 g/mol. The van der Waals surface area contributed by atoms with Crippen molar-refractivity contribution in [3.05, 3.63) is 58.0 Å². The van der Waals surface area contributed by atoms with Gasteiger partial charge in [0, 0.05) is 43.6 Å². The molecule has 1 aromatic heterocycles. The van der Waals surface area contributed by atoms with Crippen molar-refractivity contribution in [2.45, 2.75) is 24.7 Å². The Morgan fingerprint density at radius 3 is 2.62 bits per heavy atom. The topological polar surface area (TPSA) is 45.7 Å². The summed E-state index contributed by atoms with van der Waals surface area (Å²) < 4.78 is 18.9. The highest BCUT2D eigenvalue weighted by Gasteiger charge is 2.34. The normalized spacial score (nSPS) is 17.1. The fourth-order valence-corrected chi connectivity index (χ4v) is 4.07. The van der Waals surface area contributed by atoms with Crippen molar-refractivity contribution >= 4 is 17.3 Å². The molecule has 0 unspecified atom stereocenters. The molecule has 1 aliphatic heterocycles. The largest absolute Gasteiger partial charge is 0.381 e. The molecule has 2 heterocycles. The second kappa shape index (κ2) is 9.14. The van der Waals surface area contributed by atoms with Crippen LogP contribution in [0.5, 0.6) is 0 Å². The van der Waals surface area contributed by atoms with Crippen LogP contribution in [0.4, 0.5) is 4.39 Å². The Hall–Kier alpha value is -1.92. The van der Waals surface area contributed by atoms with Gasteiger partial charge in [0.1, 0.15) is 5.82 Å². The Balaban J connectivity index is 1.60. The molecule has 1 saturated heterocycles. The van der Waals surface area contributed by atoms with E-state index in [1.165, 1.54) is 4.88 Å². The van der Waals surface area contributed by atoms with E-state index in [0.29, 0.717) is 0 Å². The maximum Gasteiger partial charge on any atom is 0.191 e. The van der Waals surface area contributed by atoms with Crippen LogP contribution in [-0.4, -0.2) is 39.3 Å². The molecular weight excluding hydrogens is 349 g/mol. The number of rotatable bonds is 6. The fourth-order valence-electron chi connectivity index (χ4n) is 3.37. The molecule has 2 aromatic rings. The second-order valence-corrected chi connectivity index (χ2v) is 7.61. The fraction of sp³-hybridized carbons (Fsp3) is 0.450. The number of thiophene rings is 1. The van der Waals surface area contributed by atoms with Gasteiger partial charge in [0.15, 0.2) is 5.96 Å². The maximum atomic E-state index is 13.3. The molecule has 1 aromatic carbocycles. The Labute approximate surface area is 158 Å². The van der Waals surface area contributed by atoms with Gasteiger partial charge < -0.3 is 15.4 Å². The number of aliphatic imine (C=N–C) groups is 1. The first-order valence-electron chi connectivity index (χ1n) is 9.03. The Bertz CT molecular complexity index is 694. The molecule has 0 bridgehead atoms. The highest BCUT2D eigenvalue weighted by atomic mass is 32.1. The van der Waals surface area contributed by atoms with Crippen LogP contribution in [0, 0.1) is 5.82 Å². The molecule has 1 fully saturated rings. The summed E-state index contributed by atoms with van der Waals surface area (Å²) in [5, 5.41) is 8.94. The maximum absolute atomic E-state index is 13.3. The zero-order valence-electron chi connectivity index (χ0n) is 15.1. The minimum Gasteiger partial charge on any atom is -0.381 e. The summed E-state index contributed by atoms with van der Waals surface area (Å²) in [6.45, 7) is 3.04. The van der Waals surface area contributed by atoms with Crippen LogP contribution in [0.15, 0.2) is 46.8 Å². The van der Waals surface area contributed by atoms with Gasteiger partial charge in [0.05, 0.1) is 0 Å². The molecule has 0 amide bonds. The summed E-state index contributed by atoms with van der Waals surface area (Å²) in [7, 11) is 1.79. The number of nitrogens with zero attached hydrogens (tertiary/aromatic N) is 1. The third-order valence-corrected chi connectivity index (χ3v) is 5.90. The summed E-state index contributed by atoms with van der Waals surface area (Å²) in [5.74, 6) is 0.601. The van der Waals surface area contributed by atoms with Gasteiger partial charge in [-0.05, 0) is 48.4 Å². The molecule has 0 radical (unpaired) electrons. The Morgan fingerprint density at radius 2 is 1.96 bits per heavy atom. The van der Waals surface area contributed by atoms with Crippen LogP contribution in [-0.2, 0) is 16.6 Å². The SMILES string of the molecule is CN=C(NCCc1cccs1)NCC1(c2ccc(F)cc2)CCOCC1. The monoisotopic (exact) mass is 375 g/mol. The van der Waals surface area contributed by atoms with Crippen molar-refractivity contribution in [2.75, 3.05) is 33.4 Å². The van der Waals surface area contributed by atoms with Crippen molar-refractivity contribution in [3.8, 4) is 0 Å². The Kier molecular flexibility index (Phi) is 6.63. The third kappa shape index (κ3) is 4.83. The first-order chi connectivity index (χ1) is 12.7. The Morgan fingerprint density at radius 1 is 1.19 bits per heavy atom. The van der Waals surface area contributed by atoms with Crippen molar-refractivity contribution in [2.24, 2.45) is 4.99 Å². The van der Waals surface area contributed by atoms with E-state index in [9.17, 15) is 4.39 Å². The molecule has 0 spiro atoms. The summed E-state index contributed by atoms with van der Waals surface area (Å²) in [6, 6.07) is 11.1. The van der Waals surface area contributed by atoms with Gasteiger partial charge in [-0.15, -0.1) is 11.3 Å². The number of hydrogen-bond acceptors (Lipinski definition) is 3. The number of nitrogens with one attached hydrogen (secondary N) is 2. The van der Waals surface area contributed by atoms with Crippen LogP contribution in [0.3, 0.4) is 0 Å². The molecule has 1 aliphatic rings. The van der Waals surface area contributed by atoms with E-state index in [4.69, 9.17) is 4.74 Å². The van der Waals surface area contributed by atoms with E-state index >= 15 is 0 Å². The highest BCUT2D eigenvalue weighted by molar-refractivity contribution is 7.09. The molecule has 26 heavy (non-hydrogen) atoms. The van der Waals surface area contributed by atoms with Crippen LogP contribution < -0.4 is 10.6 Å². The van der Waals surface area contributed by atoms with E-state index in [-0.39, 0.29) is 11.2 Å². The van der Waals surface area contributed by atoms with Crippen LogP contribution in [0.2, 0.25) is 0 Å². The quantitative estimate of drug-likeness (QED) is 0.601. The van der Waals surface area contributed by atoms with E-state index in [1.54, 1.807) is 30.5 Å². The predicted octanol–water partition coefficient (Wildman–Crippen LogP) is 3.34. The van der Waals surface area contributed by atoms with Crippen LogP contribution in [0.25, 0.3) is 0 Å². The number of benzene rings is 1. The molecule has 0 atom stereocenters. The lowest BCUT2D eigenvalue weighted by Crippen LogP contribution is -2.48. The molecule has 3 rings (SSSR count). The van der Waals surface area contributed by atoms with Gasteiger partial charge in [0.25, 0.3) is 0 Å². The lowest BCUT2D eigenvalue weighted by atomic mass is 9.74. The lowest BCUT2D eigenvalue weighted by Gasteiger charge is -2.38. The summed E-state index contributed by atoms with van der Waals surface area (Å²) in [4.78, 5) is 5.70. The van der Waals surface area contributed by atoms with Gasteiger partial charge in [-0.2, -0.15) is 0 Å². The first-order valence-corrected chi connectivity index (χ1v) is 9.90. The van der Waals surface area contributed by atoms with Crippen LogP contribution >= 0.6 is 11.3 Å². The van der Waals surface area contributed by atoms with Gasteiger partial charge in [-0.3, -0.25) is 4.99 Å². The average Bonchev–Trinajstić information content (AvgIpc) is 3.19. The predicted molar refractivity (Wildman–Crippen MR) is 106 cm³/mol. The number of hydrogen-bond donors (Lipinski definition) is 2. The van der Waals surface area contributed by atoms with Crippen molar-refractivity contribution in [1.82, 2.24) is 10.6 Å². The minimum absolute atomic E-state index is 0.0582. The van der Waals surface area contributed by atoms with E-state index in [1.807, 2.05) is 12.1 Å². The van der Waals surface area contributed by atoms with Gasteiger partial charge >= 0.3 is 0 Å². The first kappa shape index (κ1) is 18.9. The van der Waals surface area contributed by atoms with Gasteiger partial charge in [-0.25, -0.2) is 4.39 Å². The van der Waals surface area contributed by atoms with E-state index in [2.05, 4.69) is 33.1 Å².